The number of nitrogens with zero attached hydrogens (tertiary/aromatic N) is 2. The van der Waals surface area contributed by atoms with Gasteiger partial charge < -0.3 is 20.1 Å². The average molecular weight is 363 g/mol. The number of para-hydroxylation sites is 1. The van der Waals surface area contributed by atoms with E-state index < -0.39 is 5.97 Å². The Labute approximate surface area is 154 Å². The van der Waals surface area contributed by atoms with E-state index in [-0.39, 0.29) is 24.5 Å². The number of nitrogens with one attached hydrogen (secondary N) is 1. The summed E-state index contributed by atoms with van der Waals surface area (Å²) in [5.74, 6) is -0.373. The van der Waals surface area contributed by atoms with Gasteiger partial charge in [-0.15, -0.1) is 0 Å². The van der Waals surface area contributed by atoms with Gasteiger partial charge in [0, 0.05) is 18.6 Å². The molecule has 1 aromatic rings. The molecule has 26 heavy (non-hydrogen) atoms. The molecule has 7 heteroatoms. The molecule has 1 aliphatic rings. The number of rotatable bonds is 10. The van der Waals surface area contributed by atoms with E-state index in [1.807, 2.05) is 43.0 Å². The minimum absolute atomic E-state index is 0.0460. The Balaban J connectivity index is 1.86. The molecular formula is C19H29N3O4. The Bertz CT molecular complexity index is 615. The van der Waals surface area contributed by atoms with Crippen LogP contribution in [0.5, 0.6) is 5.75 Å². The molecule has 0 unspecified atom stereocenters. The monoisotopic (exact) mass is 363 g/mol. The van der Waals surface area contributed by atoms with Crippen LogP contribution in [-0.2, 0) is 4.79 Å². The van der Waals surface area contributed by atoms with Crippen molar-refractivity contribution in [2.24, 2.45) is 0 Å². The molecule has 0 aromatic heterocycles. The third kappa shape index (κ3) is 5.71. The second-order valence-corrected chi connectivity index (χ2v) is 6.90. The standard InChI is InChI=1S/C19H29N3O4/c1-4-22(13-18(23)24)15-11-14(12-15)20-19(25)16-7-5-6-8-17(16)26-10-9-21(2)3/h5-8,14-15H,4,9-13H2,1-3H3,(H,20,25)(H,23,24). The van der Waals surface area contributed by atoms with Gasteiger partial charge in [0.15, 0.2) is 0 Å². The van der Waals surface area contributed by atoms with Crippen molar-refractivity contribution in [1.82, 2.24) is 15.1 Å². The predicted molar refractivity (Wildman–Crippen MR) is 99.7 cm³/mol. The smallest absolute Gasteiger partial charge is 0.317 e. The van der Waals surface area contributed by atoms with Crippen LogP contribution < -0.4 is 10.1 Å². The lowest BCUT2D eigenvalue weighted by Crippen LogP contribution is -2.54. The molecule has 0 atom stereocenters. The molecule has 0 radical (unpaired) electrons. The summed E-state index contributed by atoms with van der Waals surface area (Å²) in [6, 6.07) is 7.53. The summed E-state index contributed by atoms with van der Waals surface area (Å²) in [4.78, 5) is 27.4. The zero-order chi connectivity index (χ0) is 19.1. The molecule has 0 aliphatic heterocycles. The molecule has 1 aliphatic carbocycles. The number of likely N-dealkylation sites (N-methyl/N-ethyl adjacent to an activating group) is 2. The SMILES string of the molecule is CCN(CC(=O)O)C1CC(NC(=O)c2ccccc2OCCN(C)C)C1. The molecule has 0 spiro atoms. The van der Waals surface area contributed by atoms with Gasteiger partial charge in [-0.25, -0.2) is 0 Å². The summed E-state index contributed by atoms with van der Waals surface area (Å²) in [6.07, 6.45) is 1.55. The molecular weight excluding hydrogens is 334 g/mol. The van der Waals surface area contributed by atoms with Crippen molar-refractivity contribution >= 4 is 11.9 Å². The highest BCUT2D eigenvalue weighted by molar-refractivity contribution is 5.97. The minimum Gasteiger partial charge on any atom is -0.491 e. The van der Waals surface area contributed by atoms with Crippen LogP contribution in [0.1, 0.15) is 30.1 Å². The number of carboxylic acid groups (broad SMARTS) is 1. The third-order valence-electron chi connectivity index (χ3n) is 4.64. The van der Waals surface area contributed by atoms with Crippen LogP contribution >= 0.6 is 0 Å². The van der Waals surface area contributed by atoms with Crippen molar-refractivity contribution in [2.75, 3.05) is 40.3 Å². The van der Waals surface area contributed by atoms with E-state index in [0.29, 0.717) is 24.5 Å². The van der Waals surface area contributed by atoms with Gasteiger partial charge >= 0.3 is 5.97 Å². The number of hydrogen-bond donors (Lipinski definition) is 2. The van der Waals surface area contributed by atoms with Gasteiger partial charge in [0.1, 0.15) is 12.4 Å². The van der Waals surface area contributed by atoms with E-state index in [1.165, 1.54) is 0 Å². The third-order valence-corrected chi connectivity index (χ3v) is 4.64. The molecule has 1 amide bonds. The van der Waals surface area contributed by atoms with E-state index >= 15 is 0 Å². The van der Waals surface area contributed by atoms with E-state index in [9.17, 15) is 9.59 Å². The van der Waals surface area contributed by atoms with Crippen molar-refractivity contribution in [3.8, 4) is 5.75 Å². The number of benzene rings is 1. The quantitative estimate of drug-likeness (QED) is 0.652. The van der Waals surface area contributed by atoms with Gasteiger partial charge in [-0.2, -0.15) is 0 Å². The fraction of sp³-hybridized carbons (Fsp3) is 0.579. The molecule has 2 N–H and O–H groups in total. The van der Waals surface area contributed by atoms with Gasteiger partial charge in [0.2, 0.25) is 0 Å². The molecule has 7 nitrogen and oxygen atoms in total. The van der Waals surface area contributed by atoms with Crippen LogP contribution in [0.15, 0.2) is 24.3 Å². The van der Waals surface area contributed by atoms with Crippen LogP contribution in [0.2, 0.25) is 0 Å². The largest absolute Gasteiger partial charge is 0.491 e. The van der Waals surface area contributed by atoms with E-state index in [1.54, 1.807) is 12.1 Å². The predicted octanol–water partition coefficient (Wildman–Crippen LogP) is 1.29. The van der Waals surface area contributed by atoms with Crippen molar-refractivity contribution in [1.29, 1.82) is 0 Å². The number of ether oxygens (including phenoxy) is 1. The van der Waals surface area contributed by atoms with Gasteiger partial charge in [-0.05, 0) is 45.6 Å². The fourth-order valence-corrected chi connectivity index (χ4v) is 3.06. The zero-order valence-electron chi connectivity index (χ0n) is 15.8. The highest BCUT2D eigenvalue weighted by Crippen LogP contribution is 2.26. The van der Waals surface area contributed by atoms with Crippen molar-refractivity contribution in [3.05, 3.63) is 29.8 Å². The summed E-state index contributed by atoms with van der Waals surface area (Å²) in [5.41, 5.74) is 0.535. The number of carbonyl (C=O) groups is 2. The maximum atomic E-state index is 12.6. The van der Waals surface area contributed by atoms with Gasteiger partial charge in [0.05, 0.1) is 12.1 Å². The van der Waals surface area contributed by atoms with Crippen LogP contribution in [-0.4, -0.2) is 79.2 Å². The minimum atomic E-state index is -0.817. The summed E-state index contributed by atoms with van der Waals surface area (Å²) < 4.78 is 5.75. The maximum absolute atomic E-state index is 12.6. The highest BCUT2D eigenvalue weighted by Gasteiger charge is 2.35. The van der Waals surface area contributed by atoms with Crippen LogP contribution in [0.3, 0.4) is 0 Å². The summed E-state index contributed by atoms with van der Waals surface area (Å²) >= 11 is 0. The zero-order valence-corrected chi connectivity index (χ0v) is 15.8. The molecule has 144 valence electrons. The lowest BCUT2D eigenvalue weighted by Gasteiger charge is -2.42. The topological polar surface area (TPSA) is 82.1 Å². The first-order chi connectivity index (χ1) is 12.4. The number of carbonyl (C=O) groups excluding carboxylic acids is 1. The molecule has 1 fully saturated rings. The maximum Gasteiger partial charge on any atom is 0.317 e. The molecule has 0 saturated heterocycles. The molecule has 2 rings (SSSR count). The average Bonchev–Trinajstić information content (AvgIpc) is 2.55. The summed E-state index contributed by atoms with van der Waals surface area (Å²) in [7, 11) is 3.94. The van der Waals surface area contributed by atoms with Crippen molar-refractivity contribution in [3.63, 3.8) is 0 Å². The second-order valence-electron chi connectivity index (χ2n) is 6.90. The normalized spacial score (nSPS) is 19.3. The Hall–Kier alpha value is -2.12. The van der Waals surface area contributed by atoms with Crippen LogP contribution in [0, 0.1) is 0 Å². The molecule has 1 aromatic carbocycles. The first-order valence-electron chi connectivity index (χ1n) is 9.04. The van der Waals surface area contributed by atoms with E-state index in [4.69, 9.17) is 9.84 Å². The lowest BCUT2D eigenvalue weighted by atomic mass is 9.85. The Kier molecular flexibility index (Phi) is 7.41. The lowest BCUT2D eigenvalue weighted by molar-refractivity contribution is -0.139. The number of carboxylic acids is 1. The molecule has 1 saturated carbocycles. The van der Waals surface area contributed by atoms with E-state index in [0.717, 1.165) is 19.4 Å². The summed E-state index contributed by atoms with van der Waals surface area (Å²) in [5, 5.41) is 12.0. The van der Waals surface area contributed by atoms with Gasteiger partial charge in [0.25, 0.3) is 5.91 Å². The Morgan fingerprint density at radius 2 is 1.96 bits per heavy atom. The first-order valence-corrected chi connectivity index (χ1v) is 9.04. The summed E-state index contributed by atoms with van der Waals surface area (Å²) in [6.45, 7) is 3.99. The number of amides is 1. The molecule has 0 bridgehead atoms. The van der Waals surface area contributed by atoms with Crippen LogP contribution in [0.25, 0.3) is 0 Å². The first kappa shape index (κ1) is 20.2. The van der Waals surface area contributed by atoms with Crippen molar-refractivity contribution in [2.45, 2.75) is 31.8 Å². The van der Waals surface area contributed by atoms with E-state index in [2.05, 4.69) is 5.32 Å². The number of aliphatic carboxylic acids is 1. The van der Waals surface area contributed by atoms with Crippen molar-refractivity contribution < 1.29 is 19.4 Å². The fourth-order valence-electron chi connectivity index (χ4n) is 3.06. The molecule has 0 heterocycles. The number of hydrogen-bond acceptors (Lipinski definition) is 5. The Morgan fingerprint density at radius 3 is 2.58 bits per heavy atom. The second kappa shape index (κ2) is 9.54. The van der Waals surface area contributed by atoms with Gasteiger partial charge in [-0.1, -0.05) is 19.1 Å². The Morgan fingerprint density at radius 1 is 1.27 bits per heavy atom. The highest BCUT2D eigenvalue weighted by atomic mass is 16.5. The van der Waals surface area contributed by atoms with Crippen LogP contribution in [0.4, 0.5) is 0 Å². The van der Waals surface area contributed by atoms with Gasteiger partial charge in [-0.3, -0.25) is 14.5 Å².